The quantitative estimate of drug-likeness (QED) is 0.721. The molecule has 0 spiro atoms. The summed E-state index contributed by atoms with van der Waals surface area (Å²) in [6, 6.07) is 0.311. The summed E-state index contributed by atoms with van der Waals surface area (Å²) in [5.74, 6) is 0.0684. The summed E-state index contributed by atoms with van der Waals surface area (Å²) in [6.07, 6.45) is 5.27. The van der Waals surface area contributed by atoms with Crippen molar-refractivity contribution in [3.05, 3.63) is 0 Å². The van der Waals surface area contributed by atoms with Crippen molar-refractivity contribution in [2.45, 2.75) is 38.1 Å². The number of rotatable bonds is 4. The van der Waals surface area contributed by atoms with Gasteiger partial charge in [0.15, 0.2) is 0 Å². The first-order valence-electron chi connectivity index (χ1n) is 6.33. The van der Waals surface area contributed by atoms with E-state index in [1.54, 1.807) is 0 Å². The topological polar surface area (TPSA) is 49.8 Å². The smallest absolute Gasteiger partial charge is 0.309 e. The predicted octanol–water partition coefficient (Wildman–Crippen LogP) is 0.786. The molecule has 1 N–H and O–H groups in total. The summed E-state index contributed by atoms with van der Waals surface area (Å²) >= 11 is 0. The number of aliphatic hydroxyl groups is 1. The second kappa shape index (κ2) is 5.64. The highest BCUT2D eigenvalue weighted by Gasteiger charge is 2.28. The molecule has 2 rings (SSSR count). The van der Waals surface area contributed by atoms with Crippen molar-refractivity contribution in [3.8, 4) is 0 Å². The number of carbonyl (C=O) groups excluding carboxylic acids is 1. The van der Waals surface area contributed by atoms with Crippen molar-refractivity contribution in [3.63, 3.8) is 0 Å². The number of piperidine rings is 1. The van der Waals surface area contributed by atoms with Crippen molar-refractivity contribution in [2.24, 2.45) is 5.92 Å². The molecule has 4 nitrogen and oxygen atoms in total. The van der Waals surface area contributed by atoms with E-state index in [1.807, 2.05) is 0 Å². The van der Waals surface area contributed by atoms with Crippen molar-refractivity contribution in [1.29, 1.82) is 0 Å². The summed E-state index contributed by atoms with van der Waals surface area (Å²) in [6.45, 7) is 2.82. The number of esters is 1. The lowest BCUT2D eigenvalue weighted by molar-refractivity contribution is -0.141. The standard InChI is InChI=1S/C12H21NO3/c14-9-11-3-1-2-6-13(11)7-4-10-5-8-16-12(10)15/h10-11,14H,1-9H2/t10?,11-/m1/s1. The minimum Gasteiger partial charge on any atom is -0.465 e. The van der Waals surface area contributed by atoms with Gasteiger partial charge >= 0.3 is 5.97 Å². The highest BCUT2D eigenvalue weighted by Crippen LogP contribution is 2.22. The molecule has 2 fully saturated rings. The fraction of sp³-hybridized carbons (Fsp3) is 0.917. The van der Waals surface area contributed by atoms with E-state index < -0.39 is 0 Å². The molecular formula is C12H21NO3. The van der Waals surface area contributed by atoms with E-state index in [9.17, 15) is 9.90 Å². The Morgan fingerprint density at radius 1 is 1.38 bits per heavy atom. The maximum Gasteiger partial charge on any atom is 0.309 e. The Kier molecular flexibility index (Phi) is 4.18. The Morgan fingerprint density at radius 2 is 2.25 bits per heavy atom. The van der Waals surface area contributed by atoms with Gasteiger partial charge in [-0.1, -0.05) is 6.42 Å². The molecule has 2 saturated heterocycles. The minimum atomic E-state index is -0.0300. The van der Waals surface area contributed by atoms with Gasteiger partial charge in [0.25, 0.3) is 0 Å². The van der Waals surface area contributed by atoms with Crippen molar-refractivity contribution < 1.29 is 14.6 Å². The van der Waals surface area contributed by atoms with Crippen LogP contribution < -0.4 is 0 Å². The monoisotopic (exact) mass is 227 g/mol. The van der Waals surface area contributed by atoms with E-state index in [2.05, 4.69) is 4.90 Å². The number of cyclic esters (lactones) is 1. The SMILES string of the molecule is O=C1OCCC1CCN1CCCC[C@@H]1CO. The molecule has 0 aliphatic carbocycles. The molecular weight excluding hydrogens is 206 g/mol. The van der Waals surface area contributed by atoms with E-state index in [-0.39, 0.29) is 18.5 Å². The first-order valence-corrected chi connectivity index (χ1v) is 6.33. The van der Waals surface area contributed by atoms with Crippen LogP contribution in [-0.4, -0.2) is 48.3 Å². The van der Waals surface area contributed by atoms with Crippen LogP contribution in [0.25, 0.3) is 0 Å². The van der Waals surface area contributed by atoms with Gasteiger partial charge in [-0.15, -0.1) is 0 Å². The van der Waals surface area contributed by atoms with Gasteiger partial charge in [0.05, 0.1) is 19.1 Å². The average molecular weight is 227 g/mol. The third-order valence-electron chi connectivity index (χ3n) is 3.77. The van der Waals surface area contributed by atoms with Crippen LogP contribution in [0, 0.1) is 5.92 Å². The lowest BCUT2D eigenvalue weighted by Crippen LogP contribution is -2.42. The lowest BCUT2D eigenvalue weighted by atomic mass is 9.99. The zero-order chi connectivity index (χ0) is 11.4. The van der Waals surface area contributed by atoms with E-state index in [0.717, 1.165) is 32.4 Å². The molecule has 0 aromatic rings. The molecule has 0 bridgehead atoms. The predicted molar refractivity (Wildman–Crippen MR) is 60.0 cm³/mol. The zero-order valence-corrected chi connectivity index (χ0v) is 9.73. The summed E-state index contributed by atoms with van der Waals surface area (Å²) < 4.78 is 4.95. The summed E-state index contributed by atoms with van der Waals surface area (Å²) in [7, 11) is 0. The van der Waals surface area contributed by atoms with E-state index in [0.29, 0.717) is 12.6 Å². The van der Waals surface area contributed by atoms with Gasteiger partial charge in [-0.05, 0) is 38.8 Å². The number of likely N-dealkylation sites (tertiary alicyclic amines) is 1. The Balaban J connectivity index is 1.77. The maximum absolute atomic E-state index is 11.3. The third kappa shape index (κ3) is 2.74. The zero-order valence-electron chi connectivity index (χ0n) is 9.73. The van der Waals surface area contributed by atoms with Crippen molar-refractivity contribution in [2.75, 3.05) is 26.3 Å². The molecule has 0 aromatic carbocycles. The second-order valence-electron chi connectivity index (χ2n) is 4.81. The van der Waals surface area contributed by atoms with E-state index >= 15 is 0 Å². The minimum absolute atomic E-state index is 0.0300. The Bertz CT molecular complexity index is 244. The molecule has 2 heterocycles. The number of aliphatic hydroxyl groups excluding tert-OH is 1. The normalized spacial score (nSPS) is 31.7. The lowest BCUT2D eigenvalue weighted by Gasteiger charge is -2.34. The van der Waals surface area contributed by atoms with Crippen LogP contribution in [0.5, 0.6) is 0 Å². The van der Waals surface area contributed by atoms with Crippen molar-refractivity contribution >= 4 is 5.97 Å². The molecule has 92 valence electrons. The van der Waals surface area contributed by atoms with Gasteiger partial charge in [-0.3, -0.25) is 9.69 Å². The first-order chi connectivity index (χ1) is 7.81. The molecule has 4 heteroatoms. The van der Waals surface area contributed by atoms with Gasteiger partial charge in [0.2, 0.25) is 0 Å². The van der Waals surface area contributed by atoms with Gasteiger partial charge in [-0.25, -0.2) is 0 Å². The summed E-state index contributed by atoms with van der Waals surface area (Å²) in [4.78, 5) is 13.6. The van der Waals surface area contributed by atoms with Gasteiger partial charge in [0.1, 0.15) is 0 Å². The average Bonchev–Trinajstić information content (AvgIpc) is 2.72. The first kappa shape index (κ1) is 11.9. The van der Waals surface area contributed by atoms with E-state index in [4.69, 9.17) is 4.74 Å². The number of nitrogens with zero attached hydrogens (tertiary/aromatic N) is 1. The molecule has 2 atom stereocenters. The third-order valence-corrected chi connectivity index (χ3v) is 3.77. The fourth-order valence-electron chi connectivity index (χ4n) is 2.68. The van der Waals surface area contributed by atoms with Crippen molar-refractivity contribution in [1.82, 2.24) is 4.90 Å². The fourth-order valence-corrected chi connectivity index (χ4v) is 2.68. The molecule has 0 aromatic heterocycles. The molecule has 16 heavy (non-hydrogen) atoms. The van der Waals surface area contributed by atoms with Crippen LogP contribution in [0.15, 0.2) is 0 Å². The molecule has 0 saturated carbocycles. The van der Waals surface area contributed by atoms with Gasteiger partial charge in [0, 0.05) is 6.04 Å². The van der Waals surface area contributed by atoms with Crippen LogP contribution in [-0.2, 0) is 9.53 Å². The molecule has 0 amide bonds. The largest absolute Gasteiger partial charge is 0.465 e. The van der Waals surface area contributed by atoms with Crippen LogP contribution in [0.2, 0.25) is 0 Å². The summed E-state index contributed by atoms with van der Waals surface area (Å²) in [5.41, 5.74) is 0. The van der Waals surface area contributed by atoms with Gasteiger partial charge in [-0.2, -0.15) is 0 Å². The number of hydrogen-bond acceptors (Lipinski definition) is 4. The van der Waals surface area contributed by atoms with Crippen LogP contribution >= 0.6 is 0 Å². The van der Waals surface area contributed by atoms with E-state index in [1.165, 1.54) is 12.8 Å². The Morgan fingerprint density at radius 3 is 2.94 bits per heavy atom. The highest BCUT2D eigenvalue weighted by atomic mass is 16.5. The van der Waals surface area contributed by atoms with Crippen LogP contribution in [0.4, 0.5) is 0 Å². The summed E-state index contributed by atoms with van der Waals surface area (Å²) in [5, 5.41) is 9.27. The second-order valence-corrected chi connectivity index (χ2v) is 4.81. The Hall–Kier alpha value is -0.610. The number of ether oxygens (including phenoxy) is 1. The molecule has 1 unspecified atom stereocenters. The molecule has 2 aliphatic heterocycles. The number of carbonyl (C=O) groups is 1. The van der Waals surface area contributed by atoms with Crippen LogP contribution in [0.3, 0.4) is 0 Å². The van der Waals surface area contributed by atoms with Crippen LogP contribution in [0.1, 0.15) is 32.1 Å². The molecule has 2 aliphatic rings. The number of hydrogen-bond donors (Lipinski definition) is 1. The highest BCUT2D eigenvalue weighted by molar-refractivity contribution is 5.74. The maximum atomic E-state index is 11.3. The Labute approximate surface area is 96.6 Å². The molecule has 0 radical (unpaired) electrons. The van der Waals surface area contributed by atoms with Gasteiger partial charge < -0.3 is 9.84 Å².